The number of carbonyl (C=O) groups excluding carboxylic acids is 1. The molecule has 0 fully saturated rings. The van der Waals surface area contributed by atoms with E-state index in [0.717, 1.165) is 0 Å². The van der Waals surface area contributed by atoms with Crippen molar-refractivity contribution >= 4 is 5.91 Å². The Labute approximate surface area is 65.8 Å². The molecule has 6 N–H and O–H groups in total. The Morgan fingerprint density at radius 3 is 2.18 bits per heavy atom. The first kappa shape index (κ1) is 9.77. The Hall–Kier alpha value is -1.23. The molecule has 0 aromatic carbocycles. The van der Waals surface area contributed by atoms with Gasteiger partial charge in [0, 0.05) is 12.2 Å². The van der Waals surface area contributed by atoms with Crippen molar-refractivity contribution in [1.29, 1.82) is 0 Å². The van der Waals surface area contributed by atoms with E-state index in [1.54, 1.807) is 0 Å². The highest BCUT2D eigenvalue weighted by molar-refractivity contribution is 5.90. The fourth-order valence-corrected chi connectivity index (χ4v) is 0.373. The molecule has 0 unspecified atom stereocenters. The minimum absolute atomic E-state index is 0.0406. The van der Waals surface area contributed by atoms with Crippen LogP contribution < -0.4 is 17.3 Å². The van der Waals surface area contributed by atoms with Crippen molar-refractivity contribution in [2.75, 3.05) is 0 Å². The molecule has 5 nitrogen and oxygen atoms in total. The first-order valence-electron chi connectivity index (χ1n) is 3.25. The molecule has 0 saturated carbocycles. The van der Waals surface area contributed by atoms with Crippen molar-refractivity contribution in [3.63, 3.8) is 0 Å². The molecule has 0 heterocycles. The van der Waals surface area contributed by atoms with Gasteiger partial charge in [-0.25, -0.2) is 5.84 Å². The van der Waals surface area contributed by atoms with E-state index in [4.69, 9.17) is 17.3 Å². The van der Waals surface area contributed by atoms with Gasteiger partial charge in [-0.3, -0.25) is 4.79 Å². The quantitative estimate of drug-likeness (QED) is 0.274. The van der Waals surface area contributed by atoms with Gasteiger partial charge in [-0.2, -0.15) is 0 Å². The molecule has 5 heteroatoms. The average Bonchev–Trinajstić information content (AvgIpc) is 1.87. The predicted octanol–water partition coefficient (Wildman–Crippen LogP) is -1.14. The molecular weight excluding hydrogens is 144 g/mol. The van der Waals surface area contributed by atoms with E-state index in [-0.39, 0.29) is 11.7 Å². The molecule has 11 heavy (non-hydrogen) atoms. The number of amides is 1. The summed E-state index contributed by atoms with van der Waals surface area (Å²) in [6, 6.07) is 0.0906. The number of rotatable bonds is 3. The summed E-state index contributed by atoms with van der Waals surface area (Å²) >= 11 is 0. The van der Waals surface area contributed by atoms with E-state index >= 15 is 0 Å². The molecule has 0 saturated heterocycles. The van der Waals surface area contributed by atoms with Crippen LogP contribution in [0, 0.1) is 0 Å². The van der Waals surface area contributed by atoms with Crippen LogP contribution in [0.3, 0.4) is 0 Å². The molecule has 0 bridgehead atoms. The van der Waals surface area contributed by atoms with E-state index in [0.29, 0.717) is 0 Å². The molecule has 0 radical (unpaired) electrons. The lowest BCUT2D eigenvalue weighted by Gasteiger charge is -2.18. The fraction of sp³-hybridized carbons (Fsp3) is 0.500. The highest BCUT2D eigenvalue weighted by Crippen LogP contribution is 1.92. The van der Waals surface area contributed by atoms with Crippen LogP contribution in [-0.4, -0.2) is 17.0 Å². The summed E-state index contributed by atoms with van der Waals surface area (Å²) in [5, 5.41) is 1.32. The van der Waals surface area contributed by atoms with Crippen molar-refractivity contribution in [2.24, 2.45) is 17.3 Å². The summed E-state index contributed by atoms with van der Waals surface area (Å²) < 4.78 is 0. The number of hydrogen-bond acceptors (Lipinski definition) is 4. The maximum Gasteiger partial charge on any atom is 0.266 e. The standard InChI is InChI=1S/C6H14N4O/c1-4(2)10(9)3-5(7)6(8)11/h3-4H,7,9H2,1-2H3,(H2,8,11)/b5-3-. The van der Waals surface area contributed by atoms with E-state index < -0.39 is 5.91 Å². The number of primary amides is 1. The molecule has 1 amide bonds. The molecule has 0 aliphatic rings. The second kappa shape index (κ2) is 3.82. The van der Waals surface area contributed by atoms with Gasteiger partial charge in [0.2, 0.25) is 0 Å². The first-order valence-corrected chi connectivity index (χ1v) is 3.25. The molecule has 0 spiro atoms. The Morgan fingerprint density at radius 1 is 1.45 bits per heavy atom. The van der Waals surface area contributed by atoms with E-state index in [1.807, 2.05) is 13.8 Å². The smallest absolute Gasteiger partial charge is 0.266 e. The first-order chi connectivity index (χ1) is 4.95. The second-order valence-electron chi connectivity index (χ2n) is 2.49. The van der Waals surface area contributed by atoms with Crippen molar-refractivity contribution < 1.29 is 4.79 Å². The van der Waals surface area contributed by atoms with Crippen LogP contribution in [0.15, 0.2) is 11.9 Å². The summed E-state index contributed by atoms with van der Waals surface area (Å²) in [7, 11) is 0. The van der Waals surface area contributed by atoms with Crippen molar-refractivity contribution in [3.8, 4) is 0 Å². The van der Waals surface area contributed by atoms with Gasteiger partial charge in [-0.05, 0) is 13.8 Å². The highest BCUT2D eigenvalue weighted by atomic mass is 16.1. The van der Waals surface area contributed by atoms with Crippen LogP contribution in [0.1, 0.15) is 13.8 Å². The summed E-state index contributed by atoms with van der Waals surface area (Å²) in [5.74, 6) is 4.76. The maximum atomic E-state index is 10.4. The third-order valence-electron chi connectivity index (χ3n) is 1.17. The number of nitrogens with zero attached hydrogens (tertiary/aromatic N) is 1. The van der Waals surface area contributed by atoms with E-state index in [2.05, 4.69) is 0 Å². The monoisotopic (exact) mass is 158 g/mol. The van der Waals surface area contributed by atoms with Gasteiger partial charge in [0.25, 0.3) is 5.91 Å². The Balaban J connectivity index is 4.19. The molecule has 0 aromatic heterocycles. The lowest BCUT2D eigenvalue weighted by atomic mass is 10.4. The van der Waals surface area contributed by atoms with Crippen molar-refractivity contribution in [3.05, 3.63) is 11.9 Å². The average molecular weight is 158 g/mol. The van der Waals surface area contributed by atoms with E-state index in [9.17, 15) is 4.79 Å². The fourth-order valence-electron chi connectivity index (χ4n) is 0.373. The largest absolute Gasteiger partial charge is 0.393 e. The zero-order valence-electron chi connectivity index (χ0n) is 6.74. The van der Waals surface area contributed by atoms with Gasteiger partial charge < -0.3 is 16.5 Å². The maximum absolute atomic E-state index is 10.4. The Kier molecular flexibility index (Phi) is 3.39. The molecule has 0 aromatic rings. The Morgan fingerprint density at radius 2 is 1.91 bits per heavy atom. The van der Waals surface area contributed by atoms with Gasteiger partial charge in [-0.1, -0.05) is 0 Å². The molecule has 64 valence electrons. The zero-order chi connectivity index (χ0) is 9.02. The predicted molar refractivity (Wildman–Crippen MR) is 42.6 cm³/mol. The van der Waals surface area contributed by atoms with Crippen LogP contribution in [0.5, 0.6) is 0 Å². The summed E-state index contributed by atoms with van der Waals surface area (Å²) in [5.41, 5.74) is 10.0. The van der Waals surface area contributed by atoms with Crippen LogP contribution in [0.2, 0.25) is 0 Å². The summed E-state index contributed by atoms with van der Waals surface area (Å²) in [4.78, 5) is 10.4. The molecule has 0 rings (SSSR count). The van der Waals surface area contributed by atoms with Crippen LogP contribution >= 0.6 is 0 Å². The lowest BCUT2D eigenvalue weighted by molar-refractivity contribution is -0.114. The Bertz CT molecular complexity index is 175. The normalized spacial score (nSPS) is 11.8. The molecule has 0 atom stereocenters. The SMILES string of the molecule is CC(C)N(N)/C=C(\N)C(N)=O. The van der Waals surface area contributed by atoms with Crippen LogP contribution in [-0.2, 0) is 4.79 Å². The van der Waals surface area contributed by atoms with E-state index in [1.165, 1.54) is 11.2 Å². The number of carbonyl (C=O) groups is 1. The van der Waals surface area contributed by atoms with Gasteiger partial charge in [-0.15, -0.1) is 0 Å². The van der Waals surface area contributed by atoms with Crippen molar-refractivity contribution in [1.82, 2.24) is 5.01 Å². The minimum atomic E-state index is -0.666. The molecular formula is C6H14N4O. The van der Waals surface area contributed by atoms with Gasteiger partial charge in [0.1, 0.15) is 5.70 Å². The van der Waals surface area contributed by atoms with Gasteiger partial charge in [0.15, 0.2) is 0 Å². The van der Waals surface area contributed by atoms with Crippen LogP contribution in [0.4, 0.5) is 0 Å². The summed E-state index contributed by atoms with van der Waals surface area (Å²) in [6.07, 6.45) is 1.31. The van der Waals surface area contributed by atoms with Gasteiger partial charge in [0.05, 0.1) is 0 Å². The lowest BCUT2D eigenvalue weighted by Crippen LogP contribution is -2.35. The topological polar surface area (TPSA) is 98.4 Å². The molecule has 0 aliphatic carbocycles. The minimum Gasteiger partial charge on any atom is -0.393 e. The number of hydrogen-bond donors (Lipinski definition) is 3. The van der Waals surface area contributed by atoms with Crippen LogP contribution in [0.25, 0.3) is 0 Å². The summed E-state index contributed by atoms with van der Waals surface area (Å²) in [6.45, 7) is 3.73. The molecule has 0 aliphatic heterocycles. The van der Waals surface area contributed by atoms with Crippen molar-refractivity contribution in [2.45, 2.75) is 19.9 Å². The third-order valence-corrected chi connectivity index (χ3v) is 1.17. The van der Waals surface area contributed by atoms with Gasteiger partial charge >= 0.3 is 0 Å². The third kappa shape index (κ3) is 3.47. The zero-order valence-corrected chi connectivity index (χ0v) is 6.74. The highest BCUT2D eigenvalue weighted by Gasteiger charge is 2.02. The number of nitrogens with two attached hydrogens (primary N) is 3. The number of hydrazine groups is 1. The second-order valence-corrected chi connectivity index (χ2v) is 2.49.